The van der Waals surface area contributed by atoms with Crippen LogP contribution in [0.4, 0.5) is 5.69 Å². The molecule has 1 rings (SSSR count). The first kappa shape index (κ1) is 22.6. The maximum atomic E-state index is 12.3. The second-order valence-electron chi connectivity index (χ2n) is 7.06. The Hall–Kier alpha value is -2.41. The Morgan fingerprint density at radius 3 is 2.37 bits per heavy atom. The van der Waals surface area contributed by atoms with Gasteiger partial charge in [0.25, 0.3) is 11.8 Å². The van der Waals surface area contributed by atoms with Gasteiger partial charge in [0.05, 0.1) is 14.2 Å². The van der Waals surface area contributed by atoms with E-state index in [-0.39, 0.29) is 30.8 Å². The lowest BCUT2D eigenvalue weighted by molar-refractivity contribution is -0.862. The number of esters is 1. The van der Waals surface area contributed by atoms with Crippen molar-refractivity contribution in [3.8, 4) is 0 Å². The van der Waals surface area contributed by atoms with Crippen molar-refractivity contribution >= 4 is 23.5 Å². The minimum Gasteiger partial charge on any atom is -0.467 e. The number of carbonyl (C=O) groups excluding carboxylic acids is 3. The van der Waals surface area contributed by atoms with Gasteiger partial charge in [-0.3, -0.25) is 9.59 Å². The van der Waals surface area contributed by atoms with Gasteiger partial charge >= 0.3 is 5.97 Å². The van der Waals surface area contributed by atoms with Gasteiger partial charge in [0.1, 0.15) is 6.04 Å². The van der Waals surface area contributed by atoms with E-state index in [2.05, 4.69) is 10.6 Å². The number of ether oxygens (including phenoxy) is 1. The minimum atomic E-state index is -0.677. The number of hydrogen-bond acceptors (Lipinski definition) is 4. The van der Waals surface area contributed by atoms with Crippen LogP contribution in [0.3, 0.4) is 0 Å². The largest absolute Gasteiger partial charge is 0.467 e. The summed E-state index contributed by atoms with van der Waals surface area (Å²) in [7, 11) is 3.07. The summed E-state index contributed by atoms with van der Waals surface area (Å²) in [5.41, 5.74) is 2.90. The number of amides is 2. The Balaban J connectivity index is 2.58. The SMILES string of the molecule is CC[C@@H](C)[C@H](NC(=O)C[NH+](C)CC(=O)Nc1cccc(C)c1C)C(=O)OC. The van der Waals surface area contributed by atoms with Gasteiger partial charge in [-0.25, -0.2) is 4.79 Å². The van der Waals surface area contributed by atoms with Crippen molar-refractivity contribution in [2.75, 3.05) is 32.6 Å². The summed E-state index contributed by atoms with van der Waals surface area (Å²) in [6.45, 7) is 8.01. The number of rotatable bonds is 9. The van der Waals surface area contributed by atoms with Gasteiger partial charge in [-0.1, -0.05) is 32.4 Å². The summed E-state index contributed by atoms with van der Waals surface area (Å²) in [5, 5.41) is 5.61. The summed E-state index contributed by atoms with van der Waals surface area (Å²) >= 11 is 0. The van der Waals surface area contributed by atoms with Crippen molar-refractivity contribution < 1.29 is 24.0 Å². The molecule has 0 saturated heterocycles. The van der Waals surface area contributed by atoms with E-state index in [9.17, 15) is 14.4 Å². The van der Waals surface area contributed by atoms with Crippen molar-refractivity contribution in [3.63, 3.8) is 0 Å². The van der Waals surface area contributed by atoms with Gasteiger partial charge < -0.3 is 20.3 Å². The zero-order valence-corrected chi connectivity index (χ0v) is 17.1. The smallest absolute Gasteiger partial charge is 0.328 e. The summed E-state index contributed by atoms with van der Waals surface area (Å²) in [6, 6.07) is 5.06. The van der Waals surface area contributed by atoms with Gasteiger partial charge in [0.15, 0.2) is 13.1 Å². The number of hydrogen-bond donors (Lipinski definition) is 3. The fourth-order valence-corrected chi connectivity index (χ4v) is 2.71. The Morgan fingerprint density at radius 1 is 1.15 bits per heavy atom. The normalized spacial score (nSPS) is 14.0. The van der Waals surface area contributed by atoms with E-state index < -0.39 is 12.0 Å². The zero-order chi connectivity index (χ0) is 20.6. The van der Waals surface area contributed by atoms with E-state index in [1.54, 1.807) is 7.05 Å². The van der Waals surface area contributed by atoms with Crippen LogP contribution < -0.4 is 15.5 Å². The molecule has 1 aromatic carbocycles. The van der Waals surface area contributed by atoms with Gasteiger partial charge in [0.2, 0.25) is 0 Å². The van der Waals surface area contributed by atoms with Crippen molar-refractivity contribution in [1.29, 1.82) is 0 Å². The molecule has 3 atom stereocenters. The van der Waals surface area contributed by atoms with Crippen LogP contribution in [-0.2, 0) is 19.1 Å². The molecule has 0 heterocycles. The summed E-state index contributed by atoms with van der Waals surface area (Å²) in [4.78, 5) is 37.1. The number of nitrogens with one attached hydrogen (secondary N) is 3. The van der Waals surface area contributed by atoms with E-state index >= 15 is 0 Å². The van der Waals surface area contributed by atoms with E-state index in [1.165, 1.54) is 7.11 Å². The molecule has 150 valence electrons. The number of anilines is 1. The second-order valence-corrected chi connectivity index (χ2v) is 7.06. The first-order valence-electron chi connectivity index (χ1n) is 9.24. The standard InChI is InChI=1S/C20H31N3O4/c1-7-13(2)19(20(26)27-6)22-18(25)12-23(5)11-17(24)21-16-10-8-9-14(3)15(16)4/h8-10,13,19H,7,11-12H2,1-6H3,(H,21,24)(H,22,25)/p+1/t13-,19+/m1/s1. The summed E-state index contributed by atoms with van der Waals surface area (Å²) < 4.78 is 4.77. The minimum absolute atomic E-state index is 0.0331. The molecule has 2 amide bonds. The molecule has 0 aromatic heterocycles. The highest BCUT2D eigenvalue weighted by molar-refractivity contribution is 5.92. The highest BCUT2D eigenvalue weighted by atomic mass is 16.5. The Kier molecular flexibility index (Phi) is 8.94. The van der Waals surface area contributed by atoms with Crippen LogP contribution in [0, 0.1) is 19.8 Å². The molecule has 0 aliphatic rings. The molecule has 3 N–H and O–H groups in total. The fourth-order valence-electron chi connectivity index (χ4n) is 2.71. The van der Waals surface area contributed by atoms with Crippen molar-refractivity contribution in [3.05, 3.63) is 29.3 Å². The van der Waals surface area contributed by atoms with Crippen LogP contribution in [0.2, 0.25) is 0 Å². The number of benzene rings is 1. The number of methoxy groups -OCH3 is 1. The first-order valence-corrected chi connectivity index (χ1v) is 9.24. The molecule has 0 spiro atoms. The van der Waals surface area contributed by atoms with Crippen LogP contribution in [0.1, 0.15) is 31.4 Å². The maximum absolute atomic E-state index is 12.3. The summed E-state index contributed by atoms with van der Waals surface area (Å²) in [5.74, 6) is -0.944. The highest BCUT2D eigenvalue weighted by Gasteiger charge is 2.27. The Bertz CT molecular complexity index is 675. The molecular formula is C20H32N3O4+. The Morgan fingerprint density at radius 2 is 1.78 bits per heavy atom. The molecule has 0 fully saturated rings. The molecular weight excluding hydrogens is 346 g/mol. The predicted molar refractivity (Wildman–Crippen MR) is 105 cm³/mol. The monoisotopic (exact) mass is 378 g/mol. The molecule has 7 heteroatoms. The predicted octanol–water partition coefficient (Wildman–Crippen LogP) is 0.461. The molecule has 7 nitrogen and oxygen atoms in total. The number of aryl methyl sites for hydroxylation is 1. The number of quaternary nitrogens is 1. The van der Waals surface area contributed by atoms with Crippen LogP contribution in [0.5, 0.6) is 0 Å². The molecule has 27 heavy (non-hydrogen) atoms. The third-order valence-corrected chi connectivity index (χ3v) is 4.79. The van der Waals surface area contributed by atoms with Gasteiger partial charge in [-0.15, -0.1) is 0 Å². The molecule has 0 bridgehead atoms. The quantitative estimate of drug-likeness (QED) is 0.545. The van der Waals surface area contributed by atoms with E-state index in [4.69, 9.17) is 4.74 Å². The molecule has 0 radical (unpaired) electrons. The molecule has 0 aliphatic carbocycles. The maximum Gasteiger partial charge on any atom is 0.328 e. The molecule has 1 aromatic rings. The summed E-state index contributed by atoms with van der Waals surface area (Å²) in [6.07, 6.45) is 0.737. The zero-order valence-electron chi connectivity index (χ0n) is 17.1. The third-order valence-electron chi connectivity index (χ3n) is 4.79. The van der Waals surface area contributed by atoms with Crippen LogP contribution in [-0.4, -0.2) is 51.1 Å². The molecule has 1 unspecified atom stereocenters. The van der Waals surface area contributed by atoms with E-state index in [0.29, 0.717) is 0 Å². The molecule has 0 aliphatic heterocycles. The average Bonchev–Trinajstić information content (AvgIpc) is 2.61. The molecule has 0 saturated carbocycles. The van der Waals surface area contributed by atoms with Crippen LogP contribution in [0.25, 0.3) is 0 Å². The van der Waals surface area contributed by atoms with Crippen molar-refractivity contribution in [2.45, 2.75) is 40.2 Å². The lowest BCUT2D eigenvalue weighted by Gasteiger charge is -2.22. The van der Waals surface area contributed by atoms with Gasteiger partial charge in [-0.05, 0) is 37.0 Å². The van der Waals surface area contributed by atoms with Crippen LogP contribution >= 0.6 is 0 Å². The third kappa shape index (κ3) is 7.02. The topological polar surface area (TPSA) is 88.9 Å². The van der Waals surface area contributed by atoms with E-state index in [0.717, 1.165) is 28.1 Å². The first-order chi connectivity index (χ1) is 12.7. The van der Waals surface area contributed by atoms with Gasteiger partial charge in [-0.2, -0.15) is 0 Å². The average molecular weight is 378 g/mol. The fraction of sp³-hybridized carbons (Fsp3) is 0.550. The lowest BCUT2D eigenvalue weighted by atomic mass is 9.99. The van der Waals surface area contributed by atoms with Crippen molar-refractivity contribution in [2.24, 2.45) is 5.92 Å². The Labute approximate surface area is 161 Å². The number of carbonyl (C=O) groups is 3. The van der Waals surface area contributed by atoms with Gasteiger partial charge in [0, 0.05) is 5.69 Å². The van der Waals surface area contributed by atoms with E-state index in [1.807, 2.05) is 45.9 Å². The number of likely N-dealkylation sites (N-methyl/N-ethyl adjacent to an activating group) is 1. The highest BCUT2D eigenvalue weighted by Crippen LogP contribution is 2.17. The lowest BCUT2D eigenvalue weighted by Crippen LogP contribution is -3.11. The van der Waals surface area contributed by atoms with Crippen molar-refractivity contribution in [1.82, 2.24) is 5.32 Å². The van der Waals surface area contributed by atoms with Crippen LogP contribution in [0.15, 0.2) is 18.2 Å². The second kappa shape index (κ2) is 10.7.